The van der Waals surface area contributed by atoms with Crippen molar-refractivity contribution in [2.45, 2.75) is 19.3 Å². The van der Waals surface area contributed by atoms with E-state index in [-0.39, 0.29) is 17.0 Å². The zero-order valence-electron chi connectivity index (χ0n) is 12.2. The molecule has 0 saturated carbocycles. The van der Waals surface area contributed by atoms with Gasteiger partial charge in [0.2, 0.25) is 0 Å². The molecule has 0 amide bonds. The van der Waals surface area contributed by atoms with E-state index in [4.69, 9.17) is 10.5 Å². The van der Waals surface area contributed by atoms with Crippen molar-refractivity contribution in [3.63, 3.8) is 0 Å². The van der Waals surface area contributed by atoms with Gasteiger partial charge in [-0.2, -0.15) is 0 Å². The molecule has 0 radical (unpaired) electrons. The first-order valence-electron chi connectivity index (χ1n) is 6.90. The van der Waals surface area contributed by atoms with Gasteiger partial charge in [0.05, 0.1) is 7.11 Å². The molecular formula is C17H19F2NO. The second kappa shape index (κ2) is 6.68. The van der Waals surface area contributed by atoms with Crippen LogP contribution in [-0.4, -0.2) is 13.7 Å². The van der Waals surface area contributed by atoms with Crippen LogP contribution in [0.15, 0.2) is 36.4 Å². The minimum atomic E-state index is -0.503. The minimum absolute atomic E-state index is 0.204. The van der Waals surface area contributed by atoms with Crippen LogP contribution in [0.5, 0.6) is 5.75 Å². The molecule has 0 saturated heterocycles. The molecule has 0 fully saturated rings. The van der Waals surface area contributed by atoms with Gasteiger partial charge in [0.1, 0.15) is 17.4 Å². The Morgan fingerprint density at radius 1 is 1.05 bits per heavy atom. The lowest BCUT2D eigenvalue weighted by Gasteiger charge is -2.13. The van der Waals surface area contributed by atoms with Crippen molar-refractivity contribution in [2.75, 3.05) is 13.7 Å². The molecule has 2 N–H and O–H groups in total. The fourth-order valence-corrected chi connectivity index (χ4v) is 2.31. The highest BCUT2D eigenvalue weighted by Crippen LogP contribution is 2.31. The highest BCUT2D eigenvalue weighted by Gasteiger charge is 2.14. The molecule has 2 aromatic carbocycles. The van der Waals surface area contributed by atoms with Crippen LogP contribution in [0.1, 0.15) is 24.8 Å². The number of methoxy groups -OCH3 is 1. The molecule has 0 aliphatic carbocycles. The molecule has 0 aliphatic rings. The zero-order chi connectivity index (χ0) is 15.4. The van der Waals surface area contributed by atoms with E-state index in [0.29, 0.717) is 12.3 Å². The second-order valence-electron chi connectivity index (χ2n) is 5.06. The topological polar surface area (TPSA) is 35.2 Å². The van der Waals surface area contributed by atoms with E-state index in [1.54, 1.807) is 18.2 Å². The first kappa shape index (κ1) is 15.4. The number of ether oxygens (including phenoxy) is 1. The maximum absolute atomic E-state index is 14.1. The first-order chi connectivity index (χ1) is 10.1. The third-order valence-corrected chi connectivity index (χ3v) is 3.63. The molecule has 0 aromatic heterocycles. The average molecular weight is 291 g/mol. The van der Waals surface area contributed by atoms with E-state index in [1.807, 2.05) is 6.92 Å². The molecule has 0 heterocycles. The minimum Gasteiger partial charge on any atom is -0.497 e. The Labute approximate surface area is 123 Å². The van der Waals surface area contributed by atoms with Crippen LogP contribution >= 0.6 is 0 Å². The predicted octanol–water partition coefficient (Wildman–Crippen LogP) is 4.09. The smallest absolute Gasteiger partial charge is 0.134 e. The van der Waals surface area contributed by atoms with Crippen LogP contribution in [-0.2, 0) is 0 Å². The summed E-state index contributed by atoms with van der Waals surface area (Å²) in [6.07, 6.45) is 0.802. The van der Waals surface area contributed by atoms with Gasteiger partial charge in [0.25, 0.3) is 0 Å². The molecule has 1 atom stereocenters. The molecule has 21 heavy (non-hydrogen) atoms. The fourth-order valence-electron chi connectivity index (χ4n) is 2.31. The fraction of sp³-hybridized carbons (Fsp3) is 0.294. The number of hydrogen-bond donors (Lipinski definition) is 1. The quantitative estimate of drug-likeness (QED) is 0.900. The number of halogens is 2. The van der Waals surface area contributed by atoms with Crippen molar-refractivity contribution < 1.29 is 13.5 Å². The van der Waals surface area contributed by atoms with Gasteiger partial charge in [0.15, 0.2) is 0 Å². The summed E-state index contributed by atoms with van der Waals surface area (Å²) < 4.78 is 33.1. The Hall–Kier alpha value is -1.94. The van der Waals surface area contributed by atoms with Crippen LogP contribution in [0.25, 0.3) is 11.1 Å². The SMILES string of the molecule is COc1ccc(-c2cc(C(C)CCN)ccc2F)c(F)c1. The Bertz CT molecular complexity index is 628. The van der Waals surface area contributed by atoms with Crippen LogP contribution in [0.4, 0.5) is 8.78 Å². The largest absolute Gasteiger partial charge is 0.497 e. The summed E-state index contributed by atoms with van der Waals surface area (Å²) in [7, 11) is 1.46. The summed E-state index contributed by atoms with van der Waals surface area (Å²) in [5, 5.41) is 0. The van der Waals surface area contributed by atoms with E-state index in [9.17, 15) is 8.78 Å². The lowest BCUT2D eigenvalue weighted by atomic mass is 9.93. The van der Waals surface area contributed by atoms with Gasteiger partial charge in [-0.15, -0.1) is 0 Å². The Kier molecular flexibility index (Phi) is 4.91. The lowest BCUT2D eigenvalue weighted by molar-refractivity contribution is 0.411. The highest BCUT2D eigenvalue weighted by molar-refractivity contribution is 5.66. The van der Waals surface area contributed by atoms with Crippen LogP contribution in [0, 0.1) is 11.6 Å². The van der Waals surface area contributed by atoms with Crippen molar-refractivity contribution in [2.24, 2.45) is 5.73 Å². The summed E-state index contributed by atoms with van der Waals surface area (Å²) in [5.74, 6) is -0.334. The van der Waals surface area contributed by atoms with E-state index in [0.717, 1.165) is 12.0 Å². The normalized spacial score (nSPS) is 12.2. The maximum Gasteiger partial charge on any atom is 0.134 e. The van der Waals surface area contributed by atoms with Gasteiger partial charge < -0.3 is 10.5 Å². The van der Waals surface area contributed by atoms with Crippen LogP contribution in [0.2, 0.25) is 0 Å². The summed E-state index contributed by atoms with van der Waals surface area (Å²) in [6.45, 7) is 2.58. The summed E-state index contributed by atoms with van der Waals surface area (Å²) in [4.78, 5) is 0. The monoisotopic (exact) mass is 291 g/mol. The second-order valence-corrected chi connectivity index (χ2v) is 5.06. The van der Waals surface area contributed by atoms with Crippen molar-refractivity contribution in [1.29, 1.82) is 0 Å². The summed E-state index contributed by atoms with van der Waals surface area (Å²) in [5.41, 5.74) is 7.00. The van der Waals surface area contributed by atoms with E-state index >= 15 is 0 Å². The standard InChI is InChI=1S/C17H19F2NO/c1-11(7-8-20)12-3-6-16(18)15(9-12)14-5-4-13(21-2)10-17(14)19/h3-6,9-11H,7-8,20H2,1-2H3. The molecule has 0 spiro atoms. The number of rotatable bonds is 5. The van der Waals surface area contributed by atoms with Crippen LogP contribution < -0.4 is 10.5 Å². The van der Waals surface area contributed by atoms with Gasteiger partial charge in [-0.3, -0.25) is 0 Å². The third-order valence-electron chi connectivity index (χ3n) is 3.63. The van der Waals surface area contributed by atoms with E-state index in [1.165, 1.54) is 25.3 Å². The Morgan fingerprint density at radius 3 is 2.43 bits per heavy atom. The molecule has 2 nitrogen and oxygen atoms in total. The van der Waals surface area contributed by atoms with Crippen molar-refractivity contribution >= 4 is 0 Å². The highest BCUT2D eigenvalue weighted by atomic mass is 19.1. The number of nitrogens with two attached hydrogens (primary N) is 1. The summed E-state index contributed by atoms with van der Waals surface area (Å²) in [6, 6.07) is 9.20. The Balaban J connectivity index is 2.45. The Morgan fingerprint density at radius 2 is 1.81 bits per heavy atom. The molecule has 4 heteroatoms. The van der Waals surface area contributed by atoms with Gasteiger partial charge in [-0.1, -0.05) is 13.0 Å². The van der Waals surface area contributed by atoms with Gasteiger partial charge in [-0.25, -0.2) is 8.78 Å². The van der Waals surface area contributed by atoms with Gasteiger partial charge >= 0.3 is 0 Å². The van der Waals surface area contributed by atoms with E-state index in [2.05, 4.69) is 0 Å². The first-order valence-corrected chi connectivity index (χ1v) is 6.90. The average Bonchev–Trinajstić information content (AvgIpc) is 2.48. The molecule has 0 bridgehead atoms. The predicted molar refractivity (Wildman–Crippen MR) is 80.4 cm³/mol. The van der Waals surface area contributed by atoms with E-state index < -0.39 is 11.6 Å². The van der Waals surface area contributed by atoms with Gasteiger partial charge in [0, 0.05) is 17.2 Å². The summed E-state index contributed by atoms with van der Waals surface area (Å²) >= 11 is 0. The molecular weight excluding hydrogens is 272 g/mol. The van der Waals surface area contributed by atoms with Crippen LogP contribution in [0.3, 0.4) is 0 Å². The number of benzene rings is 2. The molecule has 0 aliphatic heterocycles. The zero-order valence-corrected chi connectivity index (χ0v) is 12.2. The molecule has 2 aromatic rings. The maximum atomic E-state index is 14.1. The lowest BCUT2D eigenvalue weighted by Crippen LogP contribution is -2.05. The number of hydrogen-bond acceptors (Lipinski definition) is 2. The molecule has 2 rings (SSSR count). The van der Waals surface area contributed by atoms with Crippen molar-refractivity contribution in [1.82, 2.24) is 0 Å². The van der Waals surface area contributed by atoms with Crippen molar-refractivity contribution in [3.8, 4) is 16.9 Å². The molecule has 112 valence electrons. The third kappa shape index (κ3) is 3.39. The van der Waals surface area contributed by atoms with Crippen molar-refractivity contribution in [3.05, 3.63) is 53.6 Å². The van der Waals surface area contributed by atoms with Gasteiger partial charge in [-0.05, 0) is 48.7 Å². The molecule has 1 unspecified atom stereocenters.